The minimum atomic E-state index is 0.843. The molecule has 53 heavy (non-hydrogen) atoms. The van der Waals surface area contributed by atoms with Gasteiger partial charge in [-0.15, -0.1) is 0 Å². The molecule has 248 valence electrons. The summed E-state index contributed by atoms with van der Waals surface area (Å²) in [6.07, 6.45) is 0. The van der Waals surface area contributed by atoms with Gasteiger partial charge < -0.3 is 23.0 Å². The fraction of sp³-hybridized carbons (Fsp3) is 0. The molecule has 11 aromatic rings. The Morgan fingerprint density at radius 1 is 0.415 bits per heavy atom. The standard InChI is InChI=1S/C48H28N2O3/c1-4-12-40-34(9-1)39-26-25-33(48-47(39)50(40)41-13-5-8-16-44(41)53-48)29-17-19-30(20-18-29)49(31-21-23-37-35-10-2-6-14-42(35)51-45(37)27-31)32-22-24-38-36-11-3-7-15-43(36)52-46(38)28-32/h1-28H. The first-order chi connectivity index (χ1) is 26.3. The van der Waals surface area contributed by atoms with E-state index in [1.165, 1.54) is 16.3 Å². The number of rotatable bonds is 4. The smallest absolute Gasteiger partial charge is 0.160 e. The van der Waals surface area contributed by atoms with Gasteiger partial charge in [0.15, 0.2) is 11.5 Å². The molecule has 0 spiro atoms. The van der Waals surface area contributed by atoms with E-state index in [0.717, 1.165) is 94.8 Å². The summed E-state index contributed by atoms with van der Waals surface area (Å²) in [6, 6.07) is 59.4. The van der Waals surface area contributed by atoms with Crippen molar-refractivity contribution in [1.29, 1.82) is 0 Å². The van der Waals surface area contributed by atoms with Crippen LogP contribution in [0, 0.1) is 0 Å². The fourth-order valence-corrected chi connectivity index (χ4v) is 8.39. The van der Waals surface area contributed by atoms with E-state index >= 15 is 0 Å². The van der Waals surface area contributed by atoms with Gasteiger partial charge >= 0.3 is 0 Å². The van der Waals surface area contributed by atoms with E-state index in [1.807, 2.05) is 36.4 Å². The summed E-state index contributed by atoms with van der Waals surface area (Å²) in [5, 5.41) is 6.80. The van der Waals surface area contributed by atoms with E-state index in [0.29, 0.717) is 0 Å². The summed E-state index contributed by atoms with van der Waals surface area (Å²) < 4.78 is 21.8. The number of nitrogens with zero attached hydrogens (tertiary/aromatic N) is 2. The van der Waals surface area contributed by atoms with Crippen molar-refractivity contribution in [3.63, 3.8) is 0 Å². The van der Waals surface area contributed by atoms with Crippen molar-refractivity contribution in [3.05, 3.63) is 170 Å². The number of hydrogen-bond acceptors (Lipinski definition) is 4. The first-order valence-corrected chi connectivity index (χ1v) is 17.8. The zero-order valence-electron chi connectivity index (χ0n) is 28.3. The Labute approximate surface area is 303 Å². The van der Waals surface area contributed by atoms with Gasteiger partial charge in [0.2, 0.25) is 0 Å². The van der Waals surface area contributed by atoms with Gasteiger partial charge in [-0.1, -0.05) is 84.9 Å². The van der Waals surface area contributed by atoms with Crippen molar-refractivity contribution < 1.29 is 13.6 Å². The van der Waals surface area contributed by atoms with Crippen LogP contribution in [0.4, 0.5) is 17.1 Å². The van der Waals surface area contributed by atoms with Crippen molar-refractivity contribution in [2.45, 2.75) is 0 Å². The minimum Gasteiger partial charge on any atom is -0.456 e. The zero-order chi connectivity index (χ0) is 34.6. The molecule has 0 saturated carbocycles. The van der Waals surface area contributed by atoms with E-state index in [1.54, 1.807) is 0 Å². The van der Waals surface area contributed by atoms with Gasteiger partial charge in [-0.2, -0.15) is 0 Å². The zero-order valence-corrected chi connectivity index (χ0v) is 28.3. The molecule has 0 fully saturated rings. The number of aromatic nitrogens is 1. The normalized spacial score (nSPS) is 12.3. The molecule has 1 aliphatic heterocycles. The first kappa shape index (κ1) is 28.5. The van der Waals surface area contributed by atoms with Crippen molar-refractivity contribution in [3.8, 4) is 28.3 Å². The molecule has 5 heteroatoms. The molecule has 0 unspecified atom stereocenters. The lowest BCUT2D eigenvalue weighted by Gasteiger charge is -2.26. The third kappa shape index (κ3) is 4.07. The molecule has 1 aliphatic rings. The second-order valence-electron chi connectivity index (χ2n) is 13.7. The van der Waals surface area contributed by atoms with Gasteiger partial charge in [-0.3, -0.25) is 0 Å². The first-order valence-electron chi connectivity index (χ1n) is 17.8. The molecule has 3 aromatic heterocycles. The molecule has 4 heterocycles. The van der Waals surface area contributed by atoms with Crippen molar-refractivity contribution in [2.75, 3.05) is 4.90 Å². The van der Waals surface area contributed by atoms with E-state index in [-0.39, 0.29) is 0 Å². The van der Waals surface area contributed by atoms with Crippen LogP contribution in [0.3, 0.4) is 0 Å². The lowest BCUT2D eigenvalue weighted by atomic mass is 10.0. The van der Waals surface area contributed by atoms with Gasteiger partial charge in [0.1, 0.15) is 22.3 Å². The molecule has 5 nitrogen and oxygen atoms in total. The molecule has 0 N–H and O–H groups in total. The van der Waals surface area contributed by atoms with Crippen LogP contribution in [0.1, 0.15) is 0 Å². The number of hydrogen-bond donors (Lipinski definition) is 0. The summed E-state index contributed by atoms with van der Waals surface area (Å²) in [4.78, 5) is 2.26. The van der Waals surface area contributed by atoms with Gasteiger partial charge in [0.05, 0.1) is 16.7 Å². The van der Waals surface area contributed by atoms with Crippen LogP contribution < -0.4 is 9.64 Å². The highest BCUT2D eigenvalue weighted by Crippen LogP contribution is 2.50. The third-order valence-electron chi connectivity index (χ3n) is 10.8. The highest BCUT2D eigenvalue weighted by atomic mass is 16.5. The van der Waals surface area contributed by atoms with Crippen LogP contribution >= 0.6 is 0 Å². The molecular formula is C48H28N2O3. The maximum absolute atomic E-state index is 6.76. The number of furan rings is 2. The largest absolute Gasteiger partial charge is 0.456 e. The highest BCUT2D eigenvalue weighted by molar-refractivity contribution is 6.14. The lowest BCUT2D eigenvalue weighted by molar-refractivity contribution is 0.478. The Morgan fingerprint density at radius 2 is 0.962 bits per heavy atom. The van der Waals surface area contributed by atoms with Gasteiger partial charge in [0, 0.05) is 67.1 Å². The number of anilines is 3. The molecule has 8 aromatic carbocycles. The predicted octanol–water partition coefficient (Wildman–Crippen LogP) is 13.8. The molecule has 0 radical (unpaired) electrons. The topological polar surface area (TPSA) is 43.7 Å². The molecule has 12 rings (SSSR count). The second-order valence-corrected chi connectivity index (χ2v) is 13.7. The van der Waals surface area contributed by atoms with E-state index < -0.39 is 0 Å². The van der Waals surface area contributed by atoms with Crippen LogP contribution in [-0.2, 0) is 0 Å². The second kappa shape index (κ2) is 10.6. The monoisotopic (exact) mass is 680 g/mol. The number of benzene rings is 8. The van der Waals surface area contributed by atoms with E-state index in [9.17, 15) is 0 Å². The van der Waals surface area contributed by atoms with Crippen molar-refractivity contribution >= 4 is 82.7 Å². The number of fused-ring (bicyclic) bond motifs is 11. The van der Waals surface area contributed by atoms with Crippen molar-refractivity contribution in [2.24, 2.45) is 0 Å². The fourth-order valence-electron chi connectivity index (χ4n) is 8.39. The summed E-state index contributed by atoms with van der Waals surface area (Å²) in [6.45, 7) is 0. The van der Waals surface area contributed by atoms with Gasteiger partial charge in [-0.25, -0.2) is 0 Å². The number of ether oxygens (including phenoxy) is 1. The quantitative estimate of drug-likeness (QED) is 0.186. The Bertz CT molecular complexity index is 3160. The molecule has 0 aliphatic carbocycles. The maximum atomic E-state index is 6.76. The molecule has 0 bridgehead atoms. The number of para-hydroxylation sites is 5. The summed E-state index contributed by atoms with van der Waals surface area (Å²) >= 11 is 0. The van der Waals surface area contributed by atoms with Crippen LogP contribution in [0.15, 0.2) is 179 Å². The van der Waals surface area contributed by atoms with Crippen LogP contribution in [0.2, 0.25) is 0 Å². The maximum Gasteiger partial charge on any atom is 0.160 e. The van der Waals surface area contributed by atoms with Crippen LogP contribution in [0.25, 0.3) is 82.5 Å². The summed E-state index contributed by atoms with van der Waals surface area (Å²) in [5.41, 5.74) is 11.9. The Balaban J connectivity index is 1.03. The molecule has 0 amide bonds. The Hall–Kier alpha value is -7.24. The summed E-state index contributed by atoms with van der Waals surface area (Å²) in [7, 11) is 0. The molecule has 0 saturated heterocycles. The Morgan fingerprint density at radius 3 is 1.66 bits per heavy atom. The Kier molecular flexibility index (Phi) is 5.71. The van der Waals surface area contributed by atoms with Crippen molar-refractivity contribution in [1.82, 2.24) is 4.57 Å². The predicted molar refractivity (Wildman–Crippen MR) is 216 cm³/mol. The molecular weight excluding hydrogens is 653 g/mol. The van der Waals surface area contributed by atoms with Crippen LogP contribution in [-0.4, -0.2) is 4.57 Å². The SMILES string of the molecule is c1ccc2c(c1)Oc1c(-c3ccc(N(c4ccc5c(c4)oc4ccccc45)c4ccc5c(c4)oc4ccccc45)cc3)ccc3c4ccccc4n-2c13. The molecule has 0 atom stereocenters. The minimum absolute atomic E-state index is 0.843. The van der Waals surface area contributed by atoms with Gasteiger partial charge in [-0.05, 0) is 78.4 Å². The highest BCUT2D eigenvalue weighted by Gasteiger charge is 2.26. The van der Waals surface area contributed by atoms with E-state index in [2.05, 4.69) is 143 Å². The van der Waals surface area contributed by atoms with Crippen LogP contribution in [0.5, 0.6) is 11.5 Å². The van der Waals surface area contributed by atoms with E-state index in [4.69, 9.17) is 13.6 Å². The summed E-state index contributed by atoms with van der Waals surface area (Å²) in [5.74, 6) is 1.72. The third-order valence-corrected chi connectivity index (χ3v) is 10.8. The average molecular weight is 681 g/mol. The van der Waals surface area contributed by atoms with Gasteiger partial charge in [0.25, 0.3) is 0 Å². The lowest BCUT2D eigenvalue weighted by Crippen LogP contribution is -2.09. The average Bonchev–Trinajstić information content (AvgIpc) is 3.88.